The summed E-state index contributed by atoms with van der Waals surface area (Å²) in [6.07, 6.45) is 3.70. The number of rotatable bonds is 5. The summed E-state index contributed by atoms with van der Waals surface area (Å²) in [5, 5.41) is 5.77. The van der Waals surface area contributed by atoms with Crippen LogP contribution in [0.15, 0.2) is 41.8 Å². The zero-order valence-electron chi connectivity index (χ0n) is 13.0. The molecule has 2 aromatic rings. The van der Waals surface area contributed by atoms with Gasteiger partial charge in [0, 0.05) is 11.6 Å². The number of halogens is 1. The van der Waals surface area contributed by atoms with Gasteiger partial charge in [0.15, 0.2) is 0 Å². The largest absolute Gasteiger partial charge is 0.349 e. The summed E-state index contributed by atoms with van der Waals surface area (Å²) in [6, 6.07) is 11.8. The van der Waals surface area contributed by atoms with E-state index < -0.39 is 0 Å². The molecule has 1 atom stereocenters. The monoisotopic (exact) mass is 348 g/mol. The predicted molar refractivity (Wildman–Crippen MR) is 96.3 cm³/mol. The van der Waals surface area contributed by atoms with Crippen LogP contribution in [0.5, 0.6) is 0 Å². The van der Waals surface area contributed by atoms with Crippen LogP contribution in [0, 0.1) is 0 Å². The number of nitrogens with zero attached hydrogens (tertiary/aromatic N) is 1. The van der Waals surface area contributed by atoms with Gasteiger partial charge in [-0.15, -0.1) is 11.3 Å². The van der Waals surface area contributed by atoms with Crippen molar-refractivity contribution in [1.29, 1.82) is 0 Å². The Kier molecular flexibility index (Phi) is 5.70. The van der Waals surface area contributed by atoms with Crippen molar-refractivity contribution >= 4 is 28.8 Å². The maximum absolute atomic E-state index is 12.3. The molecule has 0 unspecified atom stereocenters. The Balaban J connectivity index is 1.75. The minimum absolute atomic E-state index is 0.00550. The van der Waals surface area contributed by atoms with Crippen molar-refractivity contribution in [3.63, 3.8) is 0 Å². The summed E-state index contributed by atoms with van der Waals surface area (Å²) < 4.78 is 0. The highest BCUT2D eigenvalue weighted by molar-refractivity contribution is 7.12. The van der Waals surface area contributed by atoms with Crippen LogP contribution in [0.4, 0.5) is 0 Å². The second kappa shape index (κ2) is 7.95. The van der Waals surface area contributed by atoms with Gasteiger partial charge in [0.25, 0.3) is 5.91 Å². The molecule has 0 bridgehead atoms. The molecule has 1 aromatic heterocycles. The maximum Gasteiger partial charge on any atom is 0.261 e. The van der Waals surface area contributed by atoms with Crippen molar-refractivity contribution in [2.75, 3.05) is 19.6 Å². The van der Waals surface area contributed by atoms with Crippen molar-refractivity contribution in [1.82, 2.24) is 10.2 Å². The van der Waals surface area contributed by atoms with Crippen LogP contribution in [0.1, 0.15) is 40.5 Å². The Bertz CT molecular complexity index is 638. The van der Waals surface area contributed by atoms with E-state index in [1.807, 2.05) is 35.7 Å². The van der Waals surface area contributed by atoms with Gasteiger partial charge in [-0.1, -0.05) is 42.3 Å². The second-order valence-corrected chi connectivity index (χ2v) is 7.18. The lowest BCUT2D eigenvalue weighted by molar-refractivity contribution is 0.0928. The van der Waals surface area contributed by atoms with Gasteiger partial charge < -0.3 is 5.32 Å². The molecule has 3 rings (SSSR count). The zero-order valence-corrected chi connectivity index (χ0v) is 14.6. The molecule has 0 radical (unpaired) electrons. The summed E-state index contributed by atoms with van der Waals surface area (Å²) in [6.45, 7) is 2.70. The maximum atomic E-state index is 12.3. The Morgan fingerprint density at radius 1 is 1.17 bits per heavy atom. The molecule has 5 heteroatoms. The molecule has 0 saturated carbocycles. The third-order valence-corrected chi connectivity index (χ3v) is 5.51. The predicted octanol–water partition coefficient (Wildman–Crippen LogP) is 4.36. The number of likely N-dealkylation sites (tertiary alicyclic amines) is 1. The van der Waals surface area contributed by atoms with Crippen molar-refractivity contribution < 1.29 is 4.79 Å². The highest BCUT2D eigenvalue weighted by Crippen LogP contribution is 2.29. The lowest BCUT2D eigenvalue weighted by Gasteiger charge is -2.35. The van der Waals surface area contributed by atoms with E-state index in [0.29, 0.717) is 6.54 Å². The van der Waals surface area contributed by atoms with Crippen LogP contribution in [0.3, 0.4) is 0 Å². The molecule has 1 aliphatic heterocycles. The van der Waals surface area contributed by atoms with E-state index >= 15 is 0 Å². The molecule has 23 heavy (non-hydrogen) atoms. The Labute approximate surface area is 146 Å². The van der Waals surface area contributed by atoms with Crippen molar-refractivity contribution in [3.8, 4) is 0 Å². The van der Waals surface area contributed by atoms with Crippen molar-refractivity contribution in [2.24, 2.45) is 0 Å². The van der Waals surface area contributed by atoms with Gasteiger partial charge >= 0.3 is 0 Å². The second-order valence-electron chi connectivity index (χ2n) is 5.82. The normalized spacial score (nSPS) is 16.9. The van der Waals surface area contributed by atoms with Gasteiger partial charge in [-0.25, -0.2) is 0 Å². The Morgan fingerprint density at radius 3 is 2.65 bits per heavy atom. The summed E-state index contributed by atoms with van der Waals surface area (Å²) in [5.74, 6) is -0.00550. The van der Waals surface area contributed by atoms with Crippen LogP contribution in [-0.2, 0) is 0 Å². The smallest absolute Gasteiger partial charge is 0.261 e. The summed E-state index contributed by atoms with van der Waals surface area (Å²) in [4.78, 5) is 15.5. The molecule has 1 N–H and O–H groups in total. The minimum atomic E-state index is -0.00550. The first-order valence-electron chi connectivity index (χ1n) is 8.06. The van der Waals surface area contributed by atoms with E-state index in [2.05, 4.69) is 16.3 Å². The quantitative estimate of drug-likeness (QED) is 0.870. The number of nitrogens with one attached hydrogen (secondary N) is 1. The lowest BCUT2D eigenvalue weighted by atomic mass is 10.0. The highest BCUT2D eigenvalue weighted by Gasteiger charge is 2.24. The number of benzene rings is 1. The summed E-state index contributed by atoms with van der Waals surface area (Å²) >= 11 is 7.88. The van der Waals surface area contributed by atoms with E-state index in [4.69, 9.17) is 11.6 Å². The molecular weight excluding hydrogens is 328 g/mol. The molecule has 1 saturated heterocycles. The van der Waals surface area contributed by atoms with E-state index in [0.717, 1.165) is 28.6 Å². The SMILES string of the molecule is O=C(NC[C@H](c1ccccc1Cl)N1CCCCC1)c1cccs1. The molecule has 0 aliphatic carbocycles. The first kappa shape index (κ1) is 16.5. The molecule has 2 heterocycles. The number of amides is 1. The molecule has 3 nitrogen and oxygen atoms in total. The van der Waals surface area contributed by atoms with Gasteiger partial charge in [0.05, 0.1) is 10.9 Å². The average molecular weight is 349 g/mol. The van der Waals surface area contributed by atoms with Gasteiger partial charge in [0.1, 0.15) is 0 Å². The number of hydrogen-bond acceptors (Lipinski definition) is 3. The number of piperidine rings is 1. The number of carbonyl (C=O) groups excluding carboxylic acids is 1. The zero-order chi connectivity index (χ0) is 16.1. The molecule has 1 amide bonds. The van der Waals surface area contributed by atoms with E-state index in [1.165, 1.54) is 30.6 Å². The summed E-state index contributed by atoms with van der Waals surface area (Å²) in [7, 11) is 0. The van der Waals surface area contributed by atoms with Gasteiger partial charge in [0.2, 0.25) is 0 Å². The molecular formula is C18H21ClN2OS. The van der Waals surface area contributed by atoms with Crippen molar-refractivity contribution in [2.45, 2.75) is 25.3 Å². The minimum Gasteiger partial charge on any atom is -0.349 e. The standard InChI is InChI=1S/C18H21ClN2OS/c19-15-8-3-2-7-14(15)16(21-10-4-1-5-11-21)13-20-18(22)17-9-6-12-23-17/h2-3,6-9,12,16H,1,4-5,10-11,13H2,(H,20,22)/t16-/m1/s1. The first-order chi connectivity index (χ1) is 11.3. The fourth-order valence-corrected chi connectivity index (χ4v) is 4.00. The topological polar surface area (TPSA) is 32.3 Å². The number of hydrogen-bond donors (Lipinski definition) is 1. The van der Waals surface area contributed by atoms with E-state index in [-0.39, 0.29) is 11.9 Å². The third-order valence-electron chi connectivity index (χ3n) is 4.30. The van der Waals surface area contributed by atoms with Gasteiger partial charge in [-0.3, -0.25) is 9.69 Å². The average Bonchev–Trinajstić information content (AvgIpc) is 3.12. The fraction of sp³-hybridized carbons (Fsp3) is 0.389. The van der Waals surface area contributed by atoms with Crippen LogP contribution >= 0.6 is 22.9 Å². The lowest BCUT2D eigenvalue weighted by Crippen LogP contribution is -2.40. The van der Waals surface area contributed by atoms with Crippen LogP contribution in [0.25, 0.3) is 0 Å². The number of thiophene rings is 1. The number of carbonyl (C=O) groups is 1. The first-order valence-corrected chi connectivity index (χ1v) is 9.31. The molecule has 1 aliphatic rings. The van der Waals surface area contributed by atoms with Gasteiger partial charge in [-0.2, -0.15) is 0 Å². The molecule has 122 valence electrons. The van der Waals surface area contributed by atoms with Gasteiger partial charge in [-0.05, 0) is 49.0 Å². The van der Waals surface area contributed by atoms with Crippen LogP contribution in [0.2, 0.25) is 5.02 Å². The molecule has 0 spiro atoms. The highest BCUT2D eigenvalue weighted by atomic mass is 35.5. The Morgan fingerprint density at radius 2 is 1.96 bits per heavy atom. The summed E-state index contributed by atoms with van der Waals surface area (Å²) in [5.41, 5.74) is 1.10. The van der Waals surface area contributed by atoms with Crippen LogP contribution in [-0.4, -0.2) is 30.4 Å². The fourth-order valence-electron chi connectivity index (χ4n) is 3.10. The third kappa shape index (κ3) is 4.14. The molecule has 1 aromatic carbocycles. The van der Waals surface area contributed by atoms with Crippen LogP contribution < -0.4 is 5.32 Å². The van der Waals surface area contributed by atoms with Crippen molar-refractivity contribution in [3.05, 3.63) is 57.2 Å². The Hall–Kier alpha value is -1.36. The van der Waals surface area contributed by atoms with E-state index in [1.54, 1.807) is 0 Å². The van der Waals surface area contributed by atoms with E-state index in [9.17, 15) is 4.79 Å². The molecule has 1 fully saturated rings.